The van der Waals surface area contributed by atoms with Crippen LogP contribution in [0.15, 0.2) is 12.2 Å². The maximum Gasteiger partial charge on any atom is 0.330 e. The Hall–Kier alpha value is -0.440. The maximum atomic E-state index is 10.5. The number of rotatable bonds is 3. The van der Waals surface area contributed by atoms with Gasteiger partial charge in [0, 0.05) is 5.57 Å². The molecule has 0 bridgehead atoms. The SMILES string of the molecule is C=C(CC1CCSCC1)C(=O)O. The first-order valence-corrected chi connectivity index (χ1v) is 5.34. The van der Waals surface area contributed by atoms with Crippen LogP contribution in [0.3, 0.4) is 0 Å². The number of carboxylic acid groups (broad SMARTS) is 1. The number of hydrogen-bond donors (Lipinski definition) is 1. The Balaban J connectivity index is 2.29. The summed E-state index contributed by atoms with van der Waals surface area (Å²) in [6, 6.07) is 0. The van der Waals surface area contributed by atoms with Gasteiger partial charge in [-0.3, -0.25) is 0 Å². The standard InChI is InChI=1S/C9H14O2S/c1-7(9(10)11)6-8-2-4-12-5-3-8/h8H,1-6H2,(H,10,11). The molecule has 2 nitrogen and oxygen atoms in total. The summed E-state index contributed by atoms with van der Waals surface area (Å²) in [6.45, 7) is 3.54. The third kappa shape index (κ3) is 2.89. The van der Waals surface area contributed by atoms with Crippen molar-refractivity contribution < 1.29 is 9.90 Å². The summed E-state index contributed by atoms with van der Waals surface area (Å²) in [5.41, 5.74) is 0.368. The molecule has 1 aliphatic heterocycles. The molecule has 1 rings (SSSR count). The molecule has 1 heterocycles. The van der Waals surface area contributed by atoms with E-state index in [0.29, 0.717) is 17.9 Å². The van der Waals surface area contributed by atoms with Crippen molar-refractivity contribution in [2.24, 2.45) is 5.92 Å². The molecule has 68 valence electrons. The van der Waals surface area contributed by atoms with Crippen LogP contribution in [-0.4, -0.2) is 22.6 Å². The first-order chi connectivity index (χ1) is 5.70. The van der Waals surface area contributed by atoms with Crippen LogP contribution < -0.4 is 0 Å². The fourth-order valence-corrected chi connectivity index (χ4v) is 2.59. The van der Waals surface area contributed by atoms with Crippen molar-refractivity contribution in [3.63, 3.8) is 0 Å². The largest absolute Gasteiger partial charge is 0.478 e. The van der Waals surface area contributed by atoms with Gasteiger partial charge < -0.3 is 5.11 Å². The highest BCUT2D eigenvalue weighted by Crippen LogP contribution is 2.27. The van der Waals surface area contributed by atoms with E-state index in [2.05, 4.69) is 6.58 Å². The van der Waals surface area contributed by atoms with Crippen LogP contribution in [0.2, 0.25) is 0 Å². The lowest BCUT2D eigenvalue weighted by atomic mass is 9.95. The van der Waals surface area contributed by atoms with Crippen LogP contribution in [-0.2, 0) is 4.79 Å². The first-order valence-electron chi connectivity index (χ1n) is 4.19. The summed E-state index contributed by atoms with van der Waals surface area (Å²) in [5.74, 6) is 2.08. The van der Waals surface area contributed by atoms with Crippen molar-refractivity contribution in [2.75, 3.05) is 11.5 Å². The molecule has 1 N–H and O–H groups in total. The topological polar surface area (TPSA) is 37.3 Å². The van der Waals surface area contributed by atoms with Crippen molar-refractivity contribution >= 4 is 17.7 Å². The minimum Gasteiger partial charge on any atom is -0.478 e. The average molecular weight is 186 g/mol. The summed E-state index contributed by atoms with van der Waals surface area (Å²) >= 11 is 1.96. The fourth-order valence-electron chi connectivity index (χ4n) is 1.39. The van der Waals surface area contributed by atoms with Gasteiger partial charge in [0.1, 0.15) is 0 Å². The van der Waals surface area contributed by atoms with Gasteiger partial charge in [-0.15, -0.1) is 0 Å². The Morgan fingerprint density at radius 1 is 1.50 bits per heavy atom. The summed E-state index contributed by atoms with van der Waals surface area (Å²) < 4.78 is 0. The molecule has 0 radical (unpaired) electrons. The number of carboxylic acids is 1. The monoisotopic (exact) mass is 186 g/mol. The van der Waals surface area contributed by atoms with Crippen molar-refractivity contribution in [2.45, 2.75) is 19.3 Å². The highest BCUT2D eigenvalue weighted by molar-refractivity contribution is 7.99. The molecule has 0 atom stereocenters. The number of aliphatic carboxylic acids is 1. The second-order valence-electron chi connectivity index (χ2n) is 3.17. The zero-order valence-electron chi connectivity index (χ0n) is 7.08. The molecule has 0 aromatic carbocycles. The Morgan fingerprint density at radius 3 is 2.58 bits per heavy atom. The third-order valence-electron chi connectivity index (χ3n) is 2.18. The second kappa shape index (κ2) is 4.55. The summed E-state index contributed by atoms with van der Waals surface area (Å²) in [4.78, 5) is 10.5. The van der Waals surface area contributed by atoms with E-state index in [-0.39, 0.29) is 0 Å². The van der Waals surface area contributed by atoms with E-state index >= 15 is 0 Å². The smallest absolute Gasteiger partial charge is 0.330 e. The van der Waals surface area contributed by atoms with Gasteiger partial charge in [-0.05, 0) is 36.7 Å². The number of hydrogen-bond acceptors (Lipinski definition) is 2. The van der Waals surface area contributed by atoms with Crippen LogP contribution in [0, 0.1) is 5.92 Å². The van der Waals surface area contributed by atoms with E-state index in [1.54, 1.807) is 0 Å². The average Bonchev–Trinajstić information content (AvgIpc) is 2.06. The number of carbonyl (C=O) groups is 1. The molecule has 1 aliphatic rings. The lowest BCUT2D eigenvalue weighted by molar-refractivity contribution is -0.132. The highest BCUT2D eigenvalue weighted by atomic mass is 32.2. The third-order valence-corrected chi connectivity index (χ3v) is 3.23. The van der Waals surface area contributed by atoms with E-state index in [0.717, 1.165) is 12.8 Å². The van der Waals surface area contributed by atoms with Gasteiger partial charge in [0.05, 0.1) is 0 Å². The lowest BCUT2D eigenvalue weighted by Gasteiger charge is -2.20. The van der Waals surface area contributed by atoms with Gasteiger partial charge in [0.25, 0.3) is 0 Å². The molecule has 0 spiro atoms. The molecule has 3 heteroatoms. The van der Waals surface area contributed by atoms with E-state index in [4.69, 9.17) is 5.11 Å². The van der Waals surface area contributed by atoms with Crippen molar-refractivity contribution in [3.05, 3.63) is 12.2 Å². The van der Waals surface area contributed by atoms with Crippen LogP contribution in [0.1, 0.15) is 19.3 Å². The molecular weight excluding hydrogens is 172 g/mol. The van der Waals surface area contributed by atoms with Gasteiger partial charge in [-0.1, -0.05) is 6.58 Å². The minimum atomic E-state index is -0.840. The normalized spacial score (nSPS) is 19.0. The van der Waals surface area contributed by atoms with Crippen LogP contribution in [0.5, 0.6) is 0 Å². The summed E-state index contributed by atoms with van der Waals surface area (Å²) in [7, 11) is 0. The summed E-state index contributed by atoms with van der Waals surface area (Å²) in [6.07, 6.45) is 2.98. The molecule has 0 unspecified atom stereocenters. The number of thioether (sulfide) groups is 1. The molecule has 0 aromatic rings. The van der Waals surface area contributed by atoms with Gasteiger partial charge in [0.15, 0.2) is 0 Å². The highest BCUT2D eigenvalue weighted by Gasteiger charge is 2.16. The molecule has 0 aromatic heterocycles. The molecule has 12 heavy (non-hydrogen) atoms. The molecule has 1 saturated heterocycles. The van der Waals surface area contributed by atoms with Gasteiger partial charge in [-0.25, -0.2) is 4.79 Å². The van der Waals surface area contributed by atoms with E-state index in [1.165, 1.54) is 11.5 Å². The zero-order valence-corrected chi connectivity index (χ0v) is 7.90. The van der Waals surface area contributed by atoms with E-state index < -0.39 is 5.97 Å². The van der Waals surface area contributed by atoms with Crippen molar-refractivity contribution in [1.29, 1.82) is 0 Å². The van der Waals surface area contributed by atoms with Crippen molar-refractivity contribution in [1.82, 2.24) is 0 Å². The molecule has 0 aliphatic carbocycles. The van der Waals surface area contributed by atoms with E-state index in [9.17, 15) is 4.79 Å². The maximum absolute atomic E-state index is 10.5. The first kappa shape index (κ1) is 9.65. The van der Waals surface area contributed by atoms with Crippen LogP contribution in [0.4, 0.5) is 0 Å². The zero-order chi connectivity index (χ0) is 8.97. The van der Waals surface area contributed by atoms with Crippen LogP contribution >= 0.6 is 11.8 Å². The summed E-state index contributed by atoms with van der Waals surface area (Å²) in [5, 5.41) is 8.61. The molecular formula is C9H14O2S. The van der Waals surface area contributed by atoms with Gasteiger partial charge >= 0.3 is 5.97 Å². The lowest BCUT2D eigenvalue weighted by Crippen LogP contribution is -2.12. The van der Waals surface area contributed by atoms with Crippen LogP contribution in [0.25, 0.3) is 0 Å². The van der Waals surface area contributed by atoms with Gasteiger partial charge in [0.2, 0.25) is 0 Å². The Bertz CT molecular complexity index is 183. The molecule has 1 fully saturated rings. The quantitative estimate of drug-likeness (QED) is 0.686. The molecule has 0 amide bonds. The fraction of sp³-hybridized carbons (Fsp3) is 0.667. The van der Waals surface area contributed by atoms with Crippen molar-refractivity contribution in [3.8, 4) is 0 Å². The molecule has 0 saturated carbocycles. The van der Waals surface area contributed by atoms with Gasteiger partial charge in [-0.2, -0.15) is 11.8 Å². The van der Waals surface area contributed by atoms with E-state index in [1.807, 2.05) is 11.8 Å². The Kier molecular flexibility index (Phi) is 3.66. The predicted molar refractivity (Wildman–Crippen MR) is 51.4 cm³/mol. The Morgan fingerprint density at radius 2 is 2.08 bits per heavy atom. The second-order valence-corrected chi connectivity index (χ2v) is 4.39. The Labute approximate surface area is 77.0 Å². The predicted octanol–water partition coefficient (Wildman–Crippen LogP) is 2.16. The minimum absolute atomic E-state index is 0.368.